The molecule has 1 N–H and O–H groups in total. The van der Waals surface area contributed by atoms with Gasteiger partial charge in [0, 0.05) is 67.2 Å². The molecule has 2 unspecified atom stereocenters. The van der Waals surface area contributed by atoms with Crippen LogP contribution in [0.15, 0.2) is 65.8 Å². The van der Waals surface area contributed by atoms with Gasteiger partial charge >= 0.3 is 0 Å². The number of amides is 1. The van der Waals surface area contributed by atoms with Gasteiger partial charge in [-0.3, -0.25) is 9.69 Å². The van der Waals surface area contributed by atoms with Crippen molar-refractivity contribution >= 4 is 33.2 Å². The molecule has 1 aromatic rings. The number of ether oxygens (including phenoxy) is 2. The number of fused-ring (bicyclic) bond motifs is 4. The van der Waals surface area contributed by atoms with Crippen molar-refractivity contribution in [2.75, 3.05) is 77.6 Å². The number of allylic oxidation sites excluding steroid dienone is 5. The smallest absolute Gasteiger partial charge is 0.264 e. The quantitative estimate of drug-likeness (QED) is 0.354. The number of sulfonamides is 1. The third-order valence-electron chi connectivity index (χ3n) is 13.2. The van der Waals surface area contributed by atoms with Crippen molar-refractivity contribution in [2.24, 2.45) is 34.5 Å². The van der Waals surface area contributed by atoms with Crippen molar-refractivity contribution in [1.29, 1.82) is 0 Å². The van der Waals surface area contributed by atoms with Crippen LogP contribution in [-0.4, -0.2) is 102 Å². The number of nitrogens with one attached hydrogen (secondary N) is 1. The van der Waals surface area contributed by atoms with Crippen LogP contribution in [0.3, 0.4) is 0 Å². The van der Waals surface area contributed by atoms with E-state index in [9.17, 15) is 13.2 Å². The summed E-state index contributed by atoms with van der Waals surface area (Å²) in [7, 11) is -1.79. The van der Waals surface area contributed by atoms with Crippen molar-refractivity contribution in [3.63, 3.8) is 0 Å². The van der Waals surface area contributed by atoms with E-state index < -0.39 is 21.2 Å². The highest BCUT2D eigenvalue weighted by molar-refractivity contribution is 7.90. The molecule has 7 atom stereocenters. The summed E-state index contributed by atoms with van der Waals surface area (Å²) in [5.41, 5.74) is 1.47. The Morgan fingerprint density at radius 1 is 1.17 bits per heavy atom. The lowest BCUT2D eigenvalue weighted by Gasteiger charge is -2.52. The first-order valence-corrected chi connectivity index (χ1v) is 21.3. The molecule has 2 bridgehead atoms. The molecule has 52 heavy (non-hydrogen) atoms. The summed E-state index contributed by atoms with van der Waals surface area (Å²) in [5.74, 6) is 1.65. The molecule has 1 aromatic carbocycles. The van der Waals surface area contributed by atoms with Crippen LogP contribution in [-0.2, 0) is 14.8 Å². The molecule has 11 heteroatoms. The minimum absolute atomic E-state index is 0.128. The molecule has 2 saturated carbocycles. The molecule has 3 aliphatic heterocycles. The molecule has 7 rings (SSSR count). The predicted octanol–water partition coefficient (Wildman–Crippen LogP) is 6.24. The molecule has 1 amide bonds. The number of hydrogen-bond acceptors (Lipinski definition) is 8. The topological polar surface area (TPSA) is 91.4 Å². The van der Waals surface area contributed by atoms with Crippen LogP contribution in [0.5, 0.6) is 5.75 Å². The summed E-state index contributed by atoms with van der Waals surface area (Å²) >= 11 is 6.53. The molecule has 3 aliphatic carbocycles. The lowest BCUT2D eigenvalue weighted by atomic mass is 9.58. The highest BCUT2D eigenvalue weighted by atomic mass is 35.5. The zero-order valence-electron chi connectivity index (χ0n) is 31.2. The Bertz CT molecular complexity index is 1720. The van der Waals surface area contributed by atoms with E-state index in [1.165, 1.54) is 0 Å². The maximum Gasteiger partial charge on any atom is 0.264 e. The molecular weight excluding hydrogens is 696 g/mol. The van der Waals surface area contributed by atoms with Gasteiger partial charge in [-0.05, 0) is 94.0 Å². The van der Waals surface area contributed by atoms with E-state index in [-0.39, 0.29) is 10.8 Å². The maximum absolute atomic E-state index is 13.6. The number of hydrogen-bond donors (Lipinski definition) is 1. The van der Waals surface area contributed by atoms with Gasteiger partial charge in [-0.2, -0.15) is 0 Å². The molecule has 284 valence electrons. The van der Waals surface area contributed by atoms with E-state index >= 15 is 0 Å². The fourth-order valence-corrected chi connectivity index (χ4v) is 11.2. The number of likely N-dealkylation sites (N-methyl/N-ethyl adjacent to an activating group) is 1. The number of halogens is 1. The van der Waals surface area contributed by atoms with E-state index in [1.54, 1.807) is 13.0 Å². The van der Waals surface area contributed by atoms with Gasteiger partial charge in [0.2, 0.25) is 10.0 Å². The predicted molar refractivity (Wildman–Crippen MR) is 208 cm³/mol. The Morgan fingerprint density at radius 2 is 1.98 bits per heavy atom. The van der Waals surface area contributed by atoms with E-state index in [0.717, 1.165) is 108 Å². The first-order chi connectivity index (χ1) is 24.9. The normalized spacial score (nSPS) is 35.8. The van der Waals surface area contributed by atoms with Gasteiger partial charge in [0.25, 0.3) is 5.91 Å². The Hall–Kier alpha value is -2.63. The first-order valence-electron chi connectivity index (χ1n) is 19.3. The molecule has 1 saturated heterocycles. The van der Waals surface area contributed by atoms with Gasteiger partial charge in [-0.25, -0.2) is 13.1 Å². The number of carbonyl (C=O) groups excluding carboxylic acids is 1. The van der Waals surface area contributed by atoms with Crippen LogP contribution in [0, 0.1) is 34.5 Å². The summed E-state index contributed by atoms with van der Waals surface area (Å²) in [6.07, 6.45) is 17.0. The maximum atomic E-state index is 13.6. The van der Waals surface area contributed by atoms with Crippen molar-refractivity contribution in [3.05, 3.63) is 71.3 Å². The lowest BCUT2D eigenvalue weighted by Crippen LogP contribution is -2.53. The van der Waals surface area contributed by atoms with Crippen LogP contribution in [0.2, 0.25) is 0 Å². The summed E-state index contributed by atoms with van der Waals surface area (Å²) in [4.78, 5) is 21.0. The zero-order valence-corrected chi connectivity index (χ0v) is 32.8. The van der Waals surface area contributed by atoms with Gasteiger partial charge < -0.3 is 19.3 Å². The Morgan fingerprint density at radius 3 is 2.75 bits per heavy atom. The van der Waals surface area contributed by atoms with Crippen LogP contribution < -0.4 is 14.4 Å². The summed E-state index contributed by atoms with van der Waals surface area (Å²) in [6.45, 7) is 16.8. The minimum atomic E-state index is -4.02. The standard InChI is InChI=1S/C41H57ClN4O5S/c1-29-7-5-15-40(3,26-44(4)17-18-45-19-21-50-22-20-45)35-12-9-33(35)25-46-27-41(16-6-8-31-23-34(42)11-13-36(31)41)28-51-38-14-10-32(24-37(38)46)39(47)43-52(48,49)30(29)2/h5,10-11,13-15,23-24,30-31,33,35-36H,1,6-9,12,16-22,25-28H2,2-4H3,(H,43,47)/b15-5+/t30-,31?,33+,35-,36?,40+,41+/m1/s1. The lowest BCUT2D eigenvalue weighted by molar-refractivity contribution is 0.0211. The molecule has 3 heterocycles. The van der Waals surface area contributed by atoms with Gasteiger partial charge in [-0.1, -0.05) is 61.4 Å². The minimum Gasteiger partial charge on any atom is -0.491 e. The molecule has 6 aliphatic rings. The van der Waals surface area contributed by atoms with Crippen LogP contribution in [0.1, 0.15) is 62.7 Å². The van der Waals surface area contributed by atoms with Gasteiger partial charge in [-0.15, -0.1) is 0 Å². The Labute approximate surface area is 316 Å². The zero-order chi connectivity index (χ0) is 36.7. The van der Waals surface area contributed by atoms with Crippen LogP contribution in [0.25, 0.3) is 0 Å². The fraction of sp³-hybridized carbons (Fsp3) is 0.634. The Balaban J connectivity index is 1.23. The molecule has 3 fully saturated rings. The molecule has 0 aromatic heterocycles. The van der Waals surface area contributed by atoms with Crippen molar-refractivity contribution in [2.45, 2.75) is 57.6 Å². The number of rotatable bonds is 5. The number of anilines is 1. The number of benzene rings is 1. The number of morpholine rings is 1. The molecule has 1 spiro atoms. The summed E-state index contributed by atoms with van der Waals surface area (Å²) in [6, 6.07) is 5.40. The fourth-order valence-electron chi connectivity index (χ4n) is 9.93. The van der Waals surface area contributed by atoms with Crippen LogP contribution in [0.4, 0.5) is 5.69 Å². The van der Waals surface area contributed by atoms with Crippen molar-refractivity contribution < 1.29 is 22.7 Å². The molecule has 0 radical (unpaired) electrons. The van der Waals surface area contributed by atoms with Crippen molar-refractivity contribution in [1.82, 2.24) is 14.5 Å². The highest BCUT2D eigenvalue weighted by Gasteiger charge is 2.50. The SMILES string of the molecule is C=C1C/C=C/[C@@](C)(CN(C)CCN2CCOCC2)[C@@H]2CC[C@H]2CN2C[C@@]3(CCCC4C=C(Cl)C=CC43)COc3ccc(cc32)C(=O)NS(=O)(=O)[C@@H]1C. The second-order valence-electron chi connectivity index (χ2n) is 16.7. The second kappa shape index (κ2) is 15.2. The average Bonchev–Trinajstić information content (AvgIpc) is 3.25. The van der Waals surface area contributed by atoms with Crippen LogP contribution >= 0.6 is 11.6 Å². The van der Waals surface area contributed by atoms with Crippen molar-refractivity contribution in [3.8, 4) is 5.75 Å². The van der Waals surface area contributed by atoms with E-state index in [0.29, 0.717) is 47.8 Å². The average molecular weight is 753 g/mol. The van der Waals surface area contributed by atoms with E-state index in [4.69, 9.17) is 21.1 Å². The van der Waals surface area contributed by atoms with E-state index in [1.807, 2.05) is 12.1 Å². The van der Waals surface area contributed by atoms with Gasteiger partial charge in [0.1, 0.15) is 5.75 Å². The third-order valence-corrected chi connectivity index (χ3v) is 15.2. The number of carbonyl (C=O) groups is 1. The van der Waals surface area contributed by atoms with E-state index in [2.05, 4.69) is 70.4 Å². The third kappa shape index (κ3) is 7.79. The first kappa shape index (κ1) is 37.7. The van der Waals surface area contributed by atoms with Gasteiger partial charge in [0.05, 0.1) is 30.8 Å². The number of nitrogens with zero attached hydrogens (tertiary/aromatic N) is 3. The second-order valence-corrected chi connectivity index (χ2v) is 19.2. The summed E-state index contributed by atoms with van der Waals surface area (Å²) < 4.78 is 41.7. The summed E-state index contributed by atoms with van der Waals surface area (Å²) in [5, 5.41) is -0.122. The highest BCUT2D eigenvalue weighted by Crippen LogP contribution is 2.53. The largest absolute Gasteiger partial charge is 0.491 e. The van der Waals surface area contributed by atoms with Gasteiger partial charge in [0.15, 0.2) is 0 Å². The molecular formula is C41H57ClN4O5S. The monoisotopic (exact) mass is 752 g/mol. The Kier molecular flexibility index (Phi) is 11.0. The molecule has 9 nitrogen and oxygen atoms in total.